The van der Waals surface area contributed by atoms with Crippen molar-refractivity contribution in [3.05, 3.63) is 24.1 Å². The molecule has 0 unspecified atom stereocenters. The van der Waals surface area contributed by atoms with Crippen LogP contribution in [0, 0.1) is 0 Å². The Balaban J connectivity index is 2.45. The maximum atomic E-state index is 10.6. The molecule has 7 heteroatoms. The minimum atomic E-state index is -1.27. The molecule has 2 aromatic rings. The van der Waals surface area contributed by atoms with Crippen LogP contribution in [0.2, 0.25) is 0 Å². The molecule has 0 radical (unpaired) electrons. The zero-order valence-corrected chi connectivity index (χ0v) is 9.71. The molecule has 0 spiro atoms. The number of ether oxygens (including phenoxy) is 2. The smallest absolute Gasteiger partial charge is 0.393 e. The molecule has 1 N–H and O–H groups in total. The summed E-state index contributed by atoms with van der Waals surface area (Å²) in [6.45, 7) is 0. The van der Waals surface area contributed by atoms with Gasteiger partial charge in [-0.2, -0.15) is 0 Å². The first-order valence-corrected chi connectivity index (χ1v) is 4.94. The molecule has 2 rings (SSSR count). The third-order valence-electron chi connectivity index (χ3n) is 2.21. The molecule has 0 aliphatic heterocycles. The summed E-state index contributed by atoms with van der Waals surface area (Å²) in [7, 11) is 3.02. The van der Waals surface area contributed by atoms with Crippen molar-refractivity contribution in [2.24, 2.45) is 0 Å². The topological polar surface area (TPSA) is 94.7 Å². The van der Waals surface area contributed by atoms with Crippen molar-refractivity contribution in [3.63, 3.8) is 0 Å². The lowest BCUT2D eigenvalue weighted by Crippen LogP contribution is -1.95. The van der Waals surface area contributed by atoms with Crippen molar-refractivity contribution >= 4 is 5.97 Å². The summed E-state index contributed by atoms with van der Waals surface area (Å²) in [6.07, 6.45) is 0. The molecular formula is C11H10N2O5. The number of carboxylic acid groups (broad SMARTS) is 1. The number of nitrogens with zero attached hydrogens (tertiary/aromatic N) is 2. The number of hydrogen-bond donors (Lipinski definition) is 1. The Kier molecular flexibility index (Phi) is 3.13. The summed E-state index contributed by atoms with van der Waals surface area (Å²) < 4.78 is 15.2. The van der Waals surface area contributed by atoms with Gasteiger partial charge in [-0.25, -0.2) is 4.79 Å². The molecule has 0 amide bonds. The number of rotatable bonds is 4. The molecule has 0 atom stereocenters. The average Bonchev–Trinajstić information content (AvgIpc) is 2.87. The van der Waals surface area contributed by atoms with Crippen LogP contribution in [0.15, 0.2) is 22.6 Å². The Bertz CT molecular complexity index is 556. The van der Waals surface area contributed by atoms with Crippen LogP contribution < -0.4 is 9.47 Å². The molecule has 0 saturated carbocycles. The van der Waals surface area contributed by atoms with Crippen molar-refractivity contribution in [2.45, 2.75) is 0 Å². The van der Waals surface area contributed by atoms with Crippen LogP contribution in [0.1, 0.15) is 10.7 Å². The number of carbonyl (C=O) groups is 1. The van der Waals surface area contributed by atoms with Crippen molar-refractivity contribution < 1.29 is 23.8 Å². The van der Waals surface area contributed by atoms with E-state index in [0.717, 1.165) is 0 Å². The molecule has 0 saturated heterocycles. The maximum absolute atomic E-state index is 10.6. The fourth-order valence-electron chi connectivity index (χ4n) is 1.36. The second-order valence-electron chi connectivity index (χ2n) is 3.32. The second kappa shape index (κ2) is 4.74. The molecule has 18 heavy (non-hydrogen) atoms. The summed E-state index contributed by atoms with van der Waals surface area (Å²) >= 11 is 0. The van der Waals surface area contributed by atoms with Gasteiger partial charge in [0, 0.05) is 11.6 Å². The van der Waals surface area contributed by atoms with Gasteiger partial charge in [0.15, 0.2) is 0 Å². The van der Waals surface area contributed by atoms with Gasteiger partial charge in [-0.05, 0) is 12.1 Å². The van der Waals surface area contributed by atoms with E-state index in [-0.39, 0.29) is 5.89 Å². The number of benzene rings is 1. The Morgan fingerprint density at radius 2 is 1.78 bits per heavy atom. The third kappa shape index (κ3) is 2.24. The zero-order valence-electron chi connectivity index (χ0n) is 9.71. The van der Waals surface area contributed by atoms with E-state index >= 15 is 0 Å². The number of aromatic nitrogens is 2. The van der Waals surface area contributed by atoms with Crippen LogP contribution in [-0.2, 0) is 0 Å². The van der Waals surface area contributed by atoms with Crippen LogP contribution in [0.3, 0.4) is 0 Å². The quantitative estimate of drug-likeness (QED) is 0.877. The highest BCUT2D eigenvalue weighted by Crippen LogP contribution is 2.28. The van der Waals surface area contributed by atoms with Gasteiger partial charge in [0.1, 0.15) is 11.5 Å². The van der Waals surface area contributed by atoms with Gasteiger partial charge in [-0.1, -0.05) is 0 Å². The number of hydrogen-bond acceptors (Lipinski definition) is 6. The second-order valence-corrected chi connectivity index (χ2v) is 3.32. The molecule has 0 bridgehead atoms. The Morgan fingerprint density at radius 3 is 2.22 bits per heavy atom. The first-order chi connectivity index (χ1) is 8.63. The lowest BCUT2D eigenvalue weighted by molar-refractivity contribution is 0.0654. The standard InChI is InChI=1S/C11H10N2O5/c1-16-7-3-6(4-8(5-7)17-2)9-12-13-10(18-9)11(14)15/h3-5H,1-2H3,(H,14,15). The Morgan fingerprint density at radius 1 is 1.17 bits per heavy atom. The van der Waals surface area contributed by atoms with Crippen molar-refractivity contribution in [3.8, 4) is 23.0 Å². The van der Waals surface area contributed by atoms with Gasteiger partial charge in [0.05, 0.1) is 14.2 Å². The lowest BCUT2D eigenvalue weighted by Gasteiger charge is -2.05. The minimum Gasteiger partial charge on any atom is -0.497 e. The highest BCUT2D eigenvalue weighted by molar-refractivity contribution is 5.82. The molecule has 0 aliphatic carbocycles. The minimum absolute atomic E-state index is 0.0876. The summed E-state index contributed by atoms with van der Waals surface area (Å²) in [4.78, 5) is 10.6. The lowest BCUT2D eigenvalue weighted by atomic mass is 10.2. The first-order valence-electron chi connectivity index (χ1n) is 4.94. The molecule has 7 nitrogen and oxygen atoms in total. The van der Waals surface area contributed by atoms with E-state index in [0.29, 0.717) is 17.1 Å². The molecular weight excluding hydrogens is 240 g/mol. The molecule has 0 fully saturated rings. The van der Waals surface area contributed by atoms with Crippen LogP contribution in [0.4, 0.5) is 0 Å². The van der Waals surface area contributed by atoms with Gasteiger partial charge >= 0.3 is 11.9 Å². The first kappa shape index (κ1) is 11.9. The van der Waals surface area contributed by atoms with E-state index in [1.54, 1.807) is 18.2 Å². The zero-order chi connectivity index (χ0) is 13.1. The average molecular weight is 250 g/mol. The monoisotopic (exact) mass is 250 g/mol. The van der Waals surface area contributed by atoms with Crippen molar-refractivity contribution in [1.82, 2.24) is 10.2 Å². The van der Waals surface area contributed by atoms with Crippen LogP contribution in [-0.4, -0.2) is 35.5 Å². The maximum Gasteiger partial charge on any atom is 0.393 e. The van der Waals surface area contributed by atoms with Crippen LogP contribution in [0.25, 0.3) is 11.5 Å². The van der Waals surface area contributed by atoms with Gasteiger partial charge in [-0.3, -0.25) is 0 Å². The van der Waals surface area contributed by atoms with E-state index < -0.39 is 11.9 Å². The van der Waals surface area contributed by atoms with E-state index in [4.69, 9.17) is 19.0 Å². The summed E-state index contributed by atoms with van der Waals surface area (Å²) in [6, 6.07) is 4.96. The van der Waals surface area contributed by atoms with Crippen molar-refractivity contribution in [2.75, 3.05) is 14.2 Å². The molecule has 0 aliphatic rings. The van der Waals surface area contributed by atoms with Gasteiger partial charge in [0.2, 0.25) is 5.89 Å². The van der Waals surface area contributed by atoms with E-state index in [1.165, 1.54) is 14.2 Å². The largest absolute Gasteiger partial charge is 0.497 e. The third-order valence-corrected chi connectivity index (χ3v) is 2.21. The fraction of sp³-hybridized carbons (Fsp3) is 0.182. The summed E-state index contributed by atoms with van der Waals surface area (Å²) in [5.74, 6) is -0.571. The Hall–Kier alpha value is -2.57. The summed E-state index contributed by atoms with van der Waals surface area (Å²) in [5.41, 5.74) is 0.520. The summed E-state index contributed by atoms with van der Waals surface area (Å²) in [5, 5.41) is 15.8. The SMILES string of the molecule is COc1cc(OC)cc(-c2nnc(C(=O)O)o2)c1. The predicted octanol–water partition coefficient (Wildman–Crippen LogP) is 1.45. The molecule has 1 aromatic carbocycles. The predicted molar refractivity (Wildman–Crippen MR) is 59.8 cm³/mol. The molecule has 1 heterocycles. The highest BCUT2D eigenvalue weighted by Gasteiger charge is 2.15. The molecule has 1 aromatic heterocycles. The fourth-order valence-corrected chi connectivity index (χ4v) is 1.36. The van der Waals surface area contributed by atoms with Crippen molar-refractivity contribution in [1.29, 1.82) is 0 Å². The molecule has 94 valence electrons. The number of carboxylic acids is 1. The van der Waals surface area contributed by atoms with E-state index in [9.17, 15) is 4.79 Å². The van der Waals surface area contributed by atoms with Gasteiger partial charge in [-0.15, -0.1) is 10.2 Å². The van der Waals surface area contributed by atoms with Crippen LogP contribution in [0.5, 0.6) is 11.5 Å². The Labute approximate surface area is 102 Å². The van der Waals surface area contributed by atoms with Gasteiger partial charge < -0.3 is 19.0 Å². The highest BCUT2D eigenvalue weighted by atomic mass is 16.5. The van der Waals surface area contributed by atoms with E-state index in [2.05, 4.69) is 10.2 Å². The normalized spacial score (nSPS) is 10.1. The van der Waals surface area contributed by atoms with Crippen LogP contribution >= 0.6 is 0 Å². The van der Waals surface area contributed by atoms with E-state index in [1.807, 2.05) is 0 Å². The number of aromatic carboxylic acids is 1. The van der Waals surface area contributed by atoms with Gasteiger partial charge in [0.25, 0.3) is 0 Å². The number of methoxy groups -OCH3 is 2.